The minimum Gasteiger partial charge on any atom is -0.465 e. The monoisotopic (exact) mass is 394 g/mol. The zero-order valence-electron chi connectivity index (χ0n) is 13.5. The van der Waals surface area contributed by atoms with Crippen LogP contribution in [-0.2, 0) is 24.1 Å². The third-order valence-corrected chi connectivity index (χ3v) is 4.05. The standard InChI is InChI=1S/C14H18O11S/c1-22-13(18)7-4-2-3-5-8(7)23-14-11(17)10(16)12(9(6-15)24-14)25-26(19,20)21/h2-5,9-12,14-17H,6H2,1H3,(H,19,20,21)/t9-,10-,11-,12-,14-/m1/s1. The largest absolute Gasteiger partial charge is 0.465 e. The number of aliphatic hydroxyl groups is 3. The molecule has 26 heavy (non-hydrogen) atoms. The van der Waals surface area contributed by atoms with Crippen molar-refractivity contribution >= 4 is 16.4 Å². The molecule has 1 aliphatic rings. The lowest BCUT2D eigenvalue weighted by Gasteiger charge is -2.40. The fraction of sp³-hybridized carbons (Fsp3) is 0.500. The lowest BCUT2D eigenvalue weighted by molar-refractivity contribution is -0.272. The molecule has 11 nitrogen and oxygen atoms in total. The second-order valence-electron chi connectivity index (χ2n) is 5.30. The second kappa shape index (κ2) is 8.26. The molecular formula is C14H18O11S. The van der Waals surface area contributed by atoms with Crippen LogP contribution in [-0.4, -0.2) is 78.7 Å². The molecule has 1 heterocycles. The summed E-state index contributed by atoms with van der Waals surface area (Å²) in [7, 11) is -3.82. The van der Waals surface area contributed by atoms with Crippen LogP contribution >= 0.6 is 0 Å². The van der Waals surface area contributed by atoms with Gasteiger partial charge in [-0.25, -0.2) is 8.98 Å². The van der Waals surface area contributed by atoms with Crippen LogP contribution in [0.3, 0.4) is 0 Å². The summed E-state index contributed by atoms with van der Waals surface area (Å²) in [6, 6.07) is 5.84. The molecule has 2 rings (SSSR count). The van der Waals surface area contributed by atoms with Gasteiger partial charge in [-0.2, -0.15) is 8.42 Å². The Hall–Kier alpha value is -1.80. The Morgan fingerprint density at radius 1 is 1.23 bits per heavy atom. The number of esters is 1. The van der Waals surface area contributed by atoms with Gasteiger partial charge in [-0.05, 0) is 12.1 Å². The first kappa shape index (κ1) is 20.5. The smallest absolute Gasteiger partial charge is 0.397 e. The van der Waals surface area contributed by atoms with E-state index in [4.69, 9.17) is 14.0 Å². The summed E-state index contributed by atoms with van der Waals surface area (Å²) >= 11 is 0. The number of carbonyl (C=O) groups is 1. The van der Waals surface area contributed by atoms with Crippen LogP contribution in [0.15, 0.2) is 24.3 Å². The van der Waals surface area contributed by atoms with E-state index in [-0.39, 0.29) is 11.3 Å². The van der Waals surface area contributed by atoms with Crippen molar-refractivity contribution in [3.05, 3.63) is 29.8 Å². The van der Waals surface area contributed by atoms with Gasteiger partial charge in [0.15, 0.2) is 0 Å². The molecule has 0 aliphatic carbocycles. The molecule has 146 valence electrons. The predicted molar refractivity (Wildman–Crippen MR) is 82.6 cm³/mol. The molecule has 1 aromatic rings. The van der Waals surface area contributed by atoms with Gasteiger partial charge in [-0.3, -0.25) is 4.55 Å². The van der Waals surface area contributed by atoms with Crippen LogP contribution in [0, 0.1) is 0 Å². The molecule has 0 aromatic heterocycles. The Bertz CT molecular complexity index is 732. The summed E-state index contributed by atoms with van der Waals surface area (Å²) < 4.78 is 49.9. The van der Waals surface area contributed by atoms with Crippen molar-refractivity contribution in [2.45, 2.75) is 30.7 Å². The van der Waals surface area contributed by atoms with Crippen LogP contribution in [0.1, 0.15) is 10.4 Å². The number of methoxy groups -OCH3 is 1. The number of para-hydroxylation sites is 1. The van der Waals surface area contributed by atoms with Crippen LogP contribution in [0.5, 0.6) is 5.75 Å². The highest BCUT2D eigenvalue weighted by molar-refractivity contribution is 7.80. The van der Waals surface area contributed by atoms with Gasteiger partial charge in [-0.15, -0.1) is 0 Å². The van der Waals surface area contributed by atoms with E-state index in [1.165, 1.54) is 18.2 Å². The van der Waals surface area contributed by atoms with E-state index in [2.05, 4.69) is 8.92 Å². The number of carbonyl (C=O) groups excluding carboxylic acids is 1. The lowest BCUT2D eigenvalue weighted by Crippen LogP contribution is -2.61. The highest BCUT2D eigenvalue weighted by Crippen LogP contribution is 2.28. The maximum absolute atomic E-state index is 11.7. The average Bonchev–Trinajstić information content (AvgIpc) is 2.60. The topological polar surface area (TPSA) is 169 Å². The Morgan fingerprint density at radius 2 is 1.88 bits per heavy atom. The number of ether oxygens (including phenoxy) is 3. The second-order valence-corrected chi connectivity index (χ2v) is 6.35. The van der Waals surface area contributed by atoms with Gasteiger partial charge in [0.05, 0.1) is 13.7 Å². The third-order valence-electron chi connectivity index (χ3n) is 3.59. The molecule has 0 radical (unpaired) electrons. The maximum Gasteiger partial charge on any atom is 0.397 e. The van der Waals surface area contributed by atoms with Crippen LogP contribution in [0.25, 0.3) is 0 Å². The highest BCUT2D eigenvalue weighted by atomic mass is 32.3. The fourth-order valence-corrected chi connectivity index (χ4v) is 2.90. The average molecular weight is 394 g/mol. The van der Waals surface area contributed by atoms with E-state index in [1.807, 2.05) is 0 Å². The van der Waals surface area contributed by atoms with Crippen molar-refractivity contribution < 1.29 is 51.5 Å². The first-order chi connectivity index (χ1) is 12.2. The van der Waals surface area contributed by atoms with Gasteiger partial charge < -0.3 is 29.5 Å². The number of rotatable bonds is 6. The molecule has 5 atom stereocenters. The molecule has 1 fully saturated rings. The molecule has 0 spiro atoms. The van der Waals surface area contributed by atoms with Crippen molar-refractivity contribution in [2.75, 3.05) is 13.7 Å². The lowest BCUT2D eigenvalue weighted by atomic mass is 9.99. The quantitative estimate of drug-likeness (QED) is 0.326. The first-order valence-corrected chi connectivity index (χ1v) is 8.66. The predicted octanol–water partition coefficient (Wildman–Crippen LogP) is -1.52. The Kier molecular flexibility index (Phi) is 6.52. The van der Waals surface area contributed by atoms with Gasteiger partial charge in [0, 0.05) is 0 Å². The number of hydrogen-bond acceptors (Lipinski definition) is 10. The van der Waals surface area contributed by atoms with Gasteiger partial charge in [-0.1, -0.05) is 12.1 Å². The van der Waals surface area contributed by atoms with E-state index in [0.717, 1.165) is 7.11 Å². The van der Waals surface area contributed by atoms with Crippen molar-refractivity contribution in [2.24, 2.45) is 0 Å². The number of hydrogen-bond donors (Lipinski definition) is 4. The molecule has 0 bridgehead atoms. The molecule has 0 unspecified atom stereocenters. The van der Waals surface area contributed by atoms with Crippen LogP contribution in [0.4, 0.5) is 0 Å². The Balaban J connectivity index is 2.24. The van der Waals surface area contributed by atoms with E-state index in [9.17, 15) is 28.5 Å². The van der Waals surface area contributed by atoms with Crippen LogP contribution in [0.2, 0.25) is 0 Å². The van der Waals surface area contributed by atoms with Crippen LogP contribution < -0.4 is 4.74 Å². The van der Waals surface area contributed by atoms with E-state index in [0.29, 0.717) is 0 Å². The van der Waals surface area contributed by atoms with Gasteiger partial charge in [0.25, 0.3) is 0 Å². The molecule has 12 heteroatoms. The highest BCUT2D eigenvalue weighted by Gasteiger charge is 2.48. The summed E-state index contributed by atoms with van der Waals surface area (Å²) in [6.07, 6.45) is -8.52. The SMILES string of the molecule is COC(=O)c1ccccc1O[C@@H]1O[C@H](CO)[C@@H](OS(=O)(=O)O)[C@H](O)[C@H]1O. The molecule has 4 N–H and O–H groups in total. The van der Waals surface area contributed by atoms with Gasteiger partial charge in [0.2, 0.25) is 6.29 Å². The molecule has 0 saturated carbocycles. The minimum absolute atomic E-state index is 0.0112. The van der Waals surface area contributed by atoms with E-state index < -0.39 is 53.7 Å². The van der Waals surface area contributed by atoms with Crippen molar-refractivity contribution in [1.82, 2.24) is 0 Å². The summed E-state index contributed by atoms with van der Waals surface area (Å²) in [4.78, 5) is 11.7. The van der Waals surface area contributed by atoms with E-state index in [1.54, 1.807) is 6.07 Å². The fourth-order valence-electron chi connectivity index (χ4n) is 2.38. The normalized spacial score (nSPS) is 29.2. The summed E-state index contributed by atoms with van der Waals surface area (Å²) in [5.74, 6) is -0.765. The van der Waals surface area contributed by atoms with Crippen molar-refractivity contribution in [3.63, 3.8) is 0 Å². The number of aliphatic hydroxyl groups excluding tert-OH is 3. The van der Waals surface area contributed by atoms with E-state index >= 15 is 0 Å². The van der Waals surface area contributed by atoms with Crippen molar-refractivity contribution in [1.29, 1.82) is 0 Å². The summed E-state index contributed by atoms with van der Waals surface area (Å²) in [6.45, 7) is -0.817. The zero-order chi connectivity index (χ0) is 19.5. The van der Waals surface area contributed by atoms with Gasteiger partial charge in [0.1, 0.15) is 35.7 Å². The molecular weight excluding hydrogens is 376 g/mol. The minimum atomic E-state index is -4.99. The Morgan fingerprint density at radius 3 is 2.46 bits per heavy atom. The van der Waals surface area contributed by atoms with Crippen molar-refractivity contribution in [3.8, 4) is 5.75 Å². The molecule has 1 saturated heterocycles. The zero-order valence-corrected chi connectivity index (χ0v) is 14.3. The maximum atomic E-state index is 11.7. The number of benzene rings is 1. The molecule has 0 amide bonds. The summed E-state index contributed by atoms with van der Waals surface area (Å²) in [5.41, 5.74) is 0.0112. The Labute approximate surface area is 148 Å². The molecule has 1 aliphatic heterocycles. The molecule has 1 aromatic carbocycles. The third kappa shape index (κ3) is 4.67. The van der Waals surface area contributed by atoms with Gasteiger partial charge >= 0.3 is 16.4 Å². The first-order valence-electron chi connectivity index (χ1n) is 7.30. The summed E-state index contributed by atoms with van der Waals surface area (Å²) in [5, 5.41) is 29.5.